The van der Waals surface area contributed by atoms with Gasteiger partial charge in [-0.25, -0.2) is 9.59 Å². The van der Waals surface area contributed by atoms with Gasteiger partial charge < -0.3 is 15.7 Å². The molecule has 0 aliphatic carbocycles. The second-order valence-corrected chi connectivity index (χ2v) is 5.34. The summed E-state index contributed by atoms with van der Waals surface area (Å²) < 4.78 is 0. The Morgan fingerprint density at radius 3 is 2.57 bits per heavy atom. The first-order valence-electron chi connectivity index (χ1n) is 6.48. The fourth-order valence-electron chi connectivity index (χ4n) is 1.84. The zero-order valence-electron chi connectivity index (χ0n) is 12.1. The number of rotatable bonds is 3. The number of benzene rings is 1. The second-order valence-electron chi connectivity index (χ2n) is 5.34. The van der Waals surface area contributed by atoms with E-state index in [1.165, 1.54) is 13.8 Å². The number of amides is 2. The molecule has 2 rings (SSSR count). The highest BCUT2D eigenvalue weighted by Crippen LogP contribution is 2.21. The number of hydrogen-bond donors (Lipinski definition) is 3. The standard InChI is InChI=1S/C15H17N3O3/c1-9-7-8-10-5-4-6-11(12(10)16-9)17-14(21)18-15(2,3)13(19)20/h4-8H,1-3H3,(H,19,20)(H2,17,18,21). The minimum absolute atomic E-state index is 0.537. The van der Waals surface area contributed by atoms with Crippen LogP contribution in [0.5, 0.6) is 0 Å². The third-order valence-electron chi connectivity index (χ3n) is 3.07. The molecule has 0 aliphatic rings. The number of aliphatic carboxylic acids is 1. The number of nitrogens with one attached hydrogen (secondary N) is 2. The molecule has 0 saturated heterocycles. The number of anilines is 1. The Kier molecular flexibility index (Phi) is 3.80. The van der Waals surface area contributed by atoms with Crippen LogP contribution in [0.4, 0.5) is 10.5 Å². The van der Waals surface area contributed by atoms with Crippen molar-refractivity contribution in [2.45, 2.75) is 26.3 Å². The lowest BCUT2D eigenvalue weighted by Crippen LogP contribution is -2.51. The average molecular weight is 287 g/mol. The number of carboxylic acid groups (broad SMARTS) is 1. The van der Waals surface area contributed by atoms with E-state index >= 15 is 0 Å². The van der Waals surface area contributed by atoms with Crippen molar-refractivity contribution in [1.82, 2.24) is 10.3 Å². The van der Waals surface area contributed by atoms with Gasteiger partial charge in [0.1, 0.15) is 5.54 Å². The number of carbonyl (C=O) groups is 2. The number of fused-ring (bicyclic) bond motifs is 1. The molecular formula is C15H17N3O3. The molecule has 0 aliphatic heterocycles. The Balaban J connectivity index is 2.26. The van der Waals surface area contributed by atoms with Gasteiger partial charge >= 0.3 is 12.0 Å². The van der Waals surface area contributed by atoms with Gasteiger partial charge in [0, 0.05) is 11.1 Å². The monoisotopic (exact) mass is 287 g/mol. The smallest absolute Gasteiger partial charge is 0.328 e. The van der Waals surface area contributed by atoms with Crippen LogP contribution in [0, 0.1) is 6.92 Å². The summed E-state index contributed by atoms with van der Waals surface area (Å²) in [6, 6.07) is 8.64. The molecular weight excluding hydrogens is 270 g/mol. The molecule has 0 atom stereocenters. The molecule has 3 N–H and O–H groups in total. The summed E-state index contributed by atoms with van der Waals surface area (Å²) in [5, 5.41) is 15.0. The highest BCUT2D eigenvalue weighted by atomic mass is 16.4. The van der Waals surface area contributed by atoms with Crippen LogP contribution in [0.2, 0.25) is 0 Å². The zero-order valence-corrected chi connectivity index (χ0v) is 12.1. The molecule has 21 heavy (non-hydrogen) atoms. The van der Waals surface area contributed by atoms with Crippen molar-refractivity contribution in [1.29, 1.82) is 0 Å². The Labute approximate surface area is 122 Å². The van der Waals surface area contributed by atoms with Crippen LogP contribution in [0.3, 0.4) is 0 Å². The van der Waals surface area contributed by atoms with Gasteiger partial charge in [-0.2, -0.15) is 0 Å². The number of carbonyl (C=O) groups excluding carboxylic acids is 1. The number of aromatic nitrogens is 1. The Morgan fingerprint density at radius 2 is 1.90 bits per heavy atom. The summed E-state index contributed by atoms with van der Waals surface area (Å²) in [7, 11) is 0. The number of para-hydroxylation sites is 1. The van der Waals surface area contributed by atoms with Crippen LogP contribution in [0.15, 0.2) is 30.3 Å². The van der Waals surface area contributed by atoms with Crippen molar-refractivity contribution in [2.75, 3.05) is 5.32 Å². The topological polar surface area (TPSA) is 91.3 Å². The number of pyridine rings is 1. The lowest BCUT2D eigenvalue weighted by Gasteiger charge is -2.21. The molecule has 1 aromatic heterocycles. The Bertz CT molecular complexity index is 710. The van der Waals surface area contributed by atoms with Gasteiger partial charge in [0.2, 0.25) is 0 Å². The minimum Gasteiger partial charge on any atom is -0.480 e. The van der Waals surface area contributed by atoms with E-state index in [-0.39, 0.29) is 0 Å². The fraction of sp³-hybridized carbons (Fsp3) is 0.267. The number of hydrogen-bond acceptors (Lipinski definition) is 3. The van der Waals surface area contributed by atoms with Crippen LogP contribution < -0.4 is 10.6 Å². The van der Waals surface area contributed by atoms with Gasteiger partial charge in [-0.3, -0.25) is 4.98 Å². The molecule has 0 fully saturated rings. The van der Waals surface area contributed by atoms with Crippen LogP contribution >= 0.6 is 0 Å². The van der Waals surface area contributed by atoms with E-state index in [1.54, 1.807) is 12.1 Å². The summed E-state index contributed by atoms with van der Waals surface area (Å²) in [5.74, 6) is -1.11. The first kappa shape index (κ1) is 14.8. The molecule has 0 bridgehead atoms. The first-order valence-corrected chi connectivity index (χ1v) is 6.48. The lowest BCUT2D eigenvalue weighted by atomic mass is 10.1. The van der Waals surface area contributed by atoms with Gasteiger partial charge in [0.15, 0.2) is 0 Å². The molecule has 0 saturated carbocycles. The summed E-state index contributed by atoms with van der Waals surface area (Å²) in [4.78, 5) is 27.4. The Hall–Kier alpha value is -2.63. The maximum absolute atomic E-state index is 11.9. The predicted molar refractivity (Wildman–Crippen MR) is 80.3 cm³/mol. The quantitative estimate of drug-likeness (QED) is 0.809. The van der Waals surface area contributed by atoms with E-state index in [0.717, 1.165) is 11.1 Å². The number of carboxylic acids is 1. The molecule has 2 aromatic rings. The van der Waals surface area contributed by atoms with E-state index in [4.69, 9.17) is 5.11 Å². The number of urea groups is 1. The van der Waals surface area contributed by atoms with Crippen LogP contribution in [-0.2, 0) is 4.79 Å². The normalized spacial score (nSPS) is 11.2. The second kappa shape index (κ2) is 5.40. The molecule has 6 nitrogen and oxygen atoms in total. The van der Waals surface area contributed by atoms with Gasteiger partial charge in [-0.05, 0) is 32.9 Å². The average Bonchev–Trinajstić information content (AvgIpc) is 2.38. The maximum Gasteiger partial charge on any atom is 0.328 e. The maximum atomic E-state index is 11.9. The predicted octanol–water partition coefficient (Wildman–Crippen LogP) is 2.53. The first-order chi connectivity index (χ1) is 9.79. The van der Waals surface area contributed by atoms with Gasteiger partial charge in [-0.1, -0.05) is 18.2 Å². The van der Waals surface area contributed by atoms with Crippen LogP contribution in [0.25, 0.3) is 10.9 Å². The van der Waals surface area contributed by atoms with Crippen molar-refractivity contribution in [3.8, 4) is 0 Å². The lowest BCUT2D eigenvalue weighted by molar-refractivity contribution is -0.142. The highest BCUT2D eigenvalue weighted by molar-refractivity contribution is 6.01. The molecule has 1 aromatic carbocycles. The third kappa shape index (κ3) is 3.28. The summed E-state index contributed by atoms with van der Waals surface area (Å²) in [5.41, 5.74) is 0.691. The van der Waals surface area contributed by atoms with Crippen molar-refractivity contribution in [2.24, 2.45) is 0 Å². The van der Waals surface area contributed by atoms with E-state index in [0.29, 0.717) is 11.2 Å². The molecule has 6 heteroatoms. The third-order valence-corrected chi connectivity index (χ3v) is 3.07. The van der Waals surface area contributed by atoms with Crippen molar-refractivity contribution in [3.05, 3.63) is 36.0 Å². The van der Waals surface area contributed by atoms with Gasteiger partial charge in [0.25, 0.3) is 0 Å². The van der Waals surface area contributed by atoms with E-state index in [9.17, 15) is 9.59 Å². The molecule has 0 spiro atoms. The number of nitrogens with zero attached hydrogens (tertiary/aromatic N) is 1. The van der Waals surface area contributed by atoms with Crippen molar-refractivity contribution < 1.29 is 14.7 Å². The summed E-state index contributed by atoms with van der Waals surface area (Å²) >= 11 is 0. The Morgan fingerprint density at radius 1 is 1.19 bits per heavy atom. The largest absolute Gasteiger partial charge is 0.480 e. The molecule has 2 amide bonds. The van der Waals surface area contributed by atoms with E-state index in [2.05, 4.69) is 15.6 Å². The molecule has 0 radical (unpaired) electrons. The highest BCUT2D eigenvalue weighted by Gasteiger charge is 2.29. The van der Waals surface area contributed by atoms with E-state index < -0.39 is 17.5 Å². The summed E-state index contributed by atoms with van der Waals surface area (Å²) in [6.07, 6.45) is 0. The van der Waals surface area contributed by atoms with Gasteiger partial charge in [0.05, 0.1) is 11.2 Å². The zero-order chi connectivity index (χ0) is 15.6. The van der Waals surface area contributed by atoms with Crippen LogP contribution in [0.1, 0.15) is 19.5 Å². The fourth-order valence-corrected chi connectivity index (χ4v) is 1.84. The van der Waals surface area contributed by atoms with Crippen molar-refractivity contribution >= 4 is 28.6 Å². The molecule has 110 valence electrons. The molecule has 0 unspecified atom stereocenters. The summed E-state index contributed by atoms with van der Waals surface area (Å²) in [6.45, 7) is 4.70. The van der Waals surface area contributed by atoms with Crippen molar-refractivity contribution in [3.63, 3.8) is 0 Å². The molecule has 1 heterocycles. The SMILES string of the molecule is Cc1ccc2cccc(NC(=O)NC(C)(C)C(=O)O)c2n1. The van der Waals surface area contributed by atoms with Crippen LogP contribution in [-0.4, -0.2) is 27.6 Å². The minimum atomic E-state index is -1.35. The van der Waals surface area contributed by atoms with Gasteiger partial charge in [-0.15, -0.1) is 0 Å². The van der Waals surface area contributed by atoms with E-state index in [1.807, 2.05) is 25.1 Å². The number of aryl methyl sites for hydroxylation is 1.